The number of nitrogens with zero attached hydrogens (tertiary/aromatic N) is 3. The fourth-order valence-electron chi connectivity index (χ4n) is 1.92. The smallest absolute Gasteiger partial charge is 0.277 e. The van der Waals surface area contributed by atoms with Crippen molar-refractivity contribution in [1.29, 1.82) is 0 Å². The molecule has 4 N–H and O–H groups in total. The molecule has 2 aromatic heterocycles. The Morgan fingerprint density at radius 2 is 2.26 bits per heavy atom. The van der Waals surface area contributed by atoms with E-state index in [4.69, 9.17) is 5.73 Å². The van der Waals surface area contributed by atoms with Crippen molar-refractivity contribution in [2.24, 2.45) is 0 Å². The maximum atomic E-state index is 12.3. The van der Waals surface area contributed by atoms with Gasteiger partial charge < -0.3 is 11.1 Å². The topological polar surface area (TPSA) is 102 Å². The summed E-state index contributed by atoms with van der Waals surface area (Å²) in [6, 6.07) is 0. The van der Waals surface area contributed by atoms with Gasteiger partial charge in [0.2, 0.25) is 0 Å². The van der Waals surface area contributed by atoms with E-state index in [-0.39, 0.29) is 5.91 Å². The minimum absolute atomic E-state index is 0.279. The van der Waals surface area contributed by atoms with Gasteiger partial charge in [0.25, 0.3) is 5.91 Å². The zero-order valence-electron chi connectivity index (χ0n) is 11.3. The van der Waals surface area contributed by atoms with Crippen LogP contribution in [0.1, 0.15) is 35.6 Å². The van der Waals surface area contributed by atoms with Crippen molar-refractivity contribution in [2.75, 3.05) is 11.1 Å². The second kappa shape index (κ2) is 5.13. The maximum Gasteiger partial charge on any atom is 0.277 e. The second-order valence-corrected chi connectivity index (χ2v) is 4.24. The van der Waals surface area contributed by atoms with Crippen LogP contribution < -0.4 is 11.1 Å². The highest BCUT2D eigenvalue weighted by molar-refractivity contribution is 6.06. The van der Waals surface area contributed by atoms with Crippen molar-refractivity contribution in [3.63, 3.8) is 0 Å². The molecule has 102 valence electrons. The minimum atomic E-state index is -0.279. The Balaban J connectivity index is 2.30. The van der Waals surface area contributed by atoms with Crippen molar-refractivity contribution in [1.82, 2.24) is 20.0 Å². The summed E-state index contributed by atoms with van der Waals surface area (Å²) in [5, 5.41) is 13.7. The Labute approximate surface area is 111 Å². The molecule has 0 aliphatic rings. The molecule has 0 aliphatic carbocycles. The summed E-state index contributed by atoms with van der Waals surface area (Å²) in [5.41, 5.74) is 8.32. The summed E-state index contributed by atoms with van der Waals surface area (Å²) in [6.45, 7) is 6.28. The molecular weight excluding hydrogens is 244 g/mol. The van der Waals surface area contributed by atoms with Crippen LogP contribution >= 0.6 is 0 Å². The van der Waals surface area contributed by atoms with Gasteiger partial charge in [0.05, 0.1) is 17.6 Å². The molecule has 0 radical (unpaired) electrons. The van der Waals surface area contributed by atoms with Crippen LogP contribution in [0.25, 0.3) is 0 Å². The van der Waals surface area contributed by atoms with Crippen molar-refractivity contribution in [3.8, 4) is 0 Å². The third-order valence-corrected chi connectivity index (χ3v) is 3.03. The number of amides is 1. The van der Waals surface area contributed by atoms with Gasteiger partial charge >= 0.3 is 0 Å². The van der Waals surface area contributed by atoms with Gasteiger partial charge in [0, 0.05) is 12.1 Å². The molecule has 7 nitrogen and oxygen atoms in total. The summed E-state index contributed by atoms with van der Waals surface area (Å²) in [5.74, 6) is 0.326. The number of hydrogen-bond acceptors (Lipinski definition) is 4. The molecule has 19 heavy (non-hydrogen) atoms. The van der Waals surface area contributed by atoms with Gasteiger partial charge in [-0.05, 0) is 20.3 Å². The monoisotopic (exact) mass is 262 g/mol. The molecule has 0 aliphatic heterocycles. The van der Waals surface area contributed by atoms with Crippen LogP contribution in [0.4, 0.5) is 11.5 Å². The second-order valence-electron chi connectivity index (χ2n) is 4.24. The lowest BCUT2D eigenvalue weighted by molar-refractivity contribution is 0.101. The van der Waals surface area contributed by atoms with Crippen LogP contribution in [0, 0.1) is 6.92 Å². The lowest BCUT2D eigenvalue weighted by atomic mass is 10.2. The maximum absolute atomic E-state index is 12.3. The van der Waals surface area contributed by atoms with E-state index in [2.05, 4.69) is 20.6 Å². The van der Waals surface area contributed by atoms with Crippen molar-refractivity contribution < 1.29 is 4.79 Å². The van der Waals surface area contributed by atoms with Crippen LogP contribution in [0.5, 0.6) is 0 Å². The van der Waals surface area contributed by atoms with E-state index in [1.807, 2.05) is 13.8 Å². The van der Waals surface area contributed by atoms with Crippen molar-refractivity contribution in [2.45, 2.75) is 33.7 Å². The Bertz CT molecular complexity index is 597. The van der Waals surface area contributed by atoms with E-state index in [0.717, 1.165) is 12.0 Å². The lowest BCUT2D eigenvalue weighted by Crippen LogP contribution is -2.19. The first-order valence-electron chi connectivity index (χ1n) is 6.24. The quantitative estimate of drug-likeness (QED) is 0.773. The highest BCUT2D eigenvalue weighted by atomic mass is 16.2. The molecule has 0 unspecified atom stereocenters. The van der Waals surface area contributed by atoms with Gasteiger partial charge in [-0.3, -0.25) is 14.6 Å². The average molecular weight is 262 g/mol. The summed E-state index contributed by atoms with van der Waals surface area (Å²) < 4.78 is 1.60. The first kappa shape index (κ1) is 13.1. The highest BCUT2D eigenvalue weighted by Crippen LogP contribution is 2.19. The third-order valence-electron chi connectivity index (χ3n) is 3.03. The van der Waals surface area contributed by atoms with Crippen LogP contribution in [-0.2, 0) is 13.0 Å². The van der Waals surface area contributed by atoms with Gasteiger partial charge in [-0.25, -0.2) is 0 Å². The molecule has 0 fully saturated rings. The number of nitrogens with one attached hydrogen (secondary N) is 2. The van der Waals surface area contributed by atoms with Gasteiger partial charge in [-0.2, -0.15) is 10.2 Å². The summed E-state index contributed by atoms with van der Waals surface area (Å²) in [4.78, 5) is 12.3. The summed E-state index contributed by atoms with van der Waals surface area (Å²) in [6.07, 6.45) is 2.48. The molecular formula is C12H18N6O. The van der Waals surface area contributed by atoms with E-state index in [9.17, 15) is 4.79 Å². The number of hydrogen-bond donors (Lipinski definition) is 3. The molecule has 0 aromatic carbocycles. The lowest BCUT2D eigenvalue weighted by Gasteiger charge is -2.07. The predicted octanol–water partition coefficient (Wildman–Crippen LogP) is 1.33. The molecule has 0 bridgehead atoms. The number of anilines is 2. The normalized spacial score (nSPS) is 10.7. The van der Waals surface area contributed by atoms with Crippen LogP contribution in [-0.4, -0.2) is 25.9 Å². The van der Waals surface area contributed by atoms with Crippen LogP contribution in [0.3, 0.4) is 0 Å². The number of carbonyl (C=O) groups is 1. The molecule has 2 aromatic rings. The van der Waals surface area contributed by atoms with E-state index in [0.29, 0.717) is 29.4 Å². The number of rotatable bonds is 4. The number of aryl methyl sites for hydroxylation is 3. The Hall–Kier alpha value is -2.31. The molecule has 0 saturated heterocycles. The summed E-state index contributed by atoms with van der Waals surface area (Å²) in [7, 11) is 0. The van der Waals surface area contributed by atoms with Crippen molar-refractivity contribution >= 4 is 17.4 Å². The SMILES string of the molecule is CCc1cn[nH]c1NC(=O)c1c(N)c(C)nn1CC. The van der Waals surface area contributed by atoms with Crippen LogP contribution in [0.15, 0.2) is 6.20 Å². The van der Waals surface area contributed by atoms with E-state index < -0.39 is 0 Å². The predicted molar refractivity (Wildman–Crippen MR) is 73.0 cm³/mol. The fourth-order valence-corrected chi connectivity index (χ4v) is 1.92. The average Bonchev–Trinajstić information content (AvgIpc) is 2.94. The highest BCUT2D eigenvalue weighted by Gasteiger charge is 2.20. The van der Waals surface area contributed by atoms with E-state index in [1.54, 1.807) is 17.8 Å². The van der Waals surface area contributed by atoms with E-state index >= 15 is 0 Å². The van der Waals surface area contributed by atoms with Gasteiger partial charge in [-0.1, -0.05) is 6.92 Å². The Morgan fingerprint density at radius 3 is 2.89 bits per heavy atom. The van der Waals surface area contributed by atoms with Gasteiger partial charge in [0.1, 0.15) is 11.5 Å². The van der Waals surface area contributed by atoms with Crippen molar-refractivity contribution in [3.05, 3.63) is 23.1 Å². The number of H-pyrrole nitrogens is 1. The third kappa shape index (κ3) is 2.31. The molecule has 2 rings (SSSR count). The molecule has 0 spiro atoms. The van der Waals surface area contributed by atoms with Gasteiger partial charge in [-0.15, -0.1) is 0 Å². The number of nitrogen functional groups attached to an aromatic ring is 1. The number of carbonyl (C=O) groups excluding carboxylic acids is 1. The first-order valence-corrected chi connectivity index (χ1v) is 6.24. The molecule has 1 amide bonds. The standard InChI is InChI=1S/C12H18N6O/c1-4-8-6-14-16-11(8)15-12(19)10-9(13)7(3)17-18(10)5-2/h6H,4-5,13H2,1-3H3,(H2,14,15,16,19). The molecule has 0 saturated carbocycles. The molecule has 2 heterocycles. The van der Waals surface area contributed by atoms with Gasteiger partial charge in [0.15, 0.2) is 0 Å². The van der Waals surface area contributed by atoms with Crippen LogP contribution in [0.2, 0.25) is 0 Å². The number of nitrogens with two attached hydrogens (primary N) is 1. The zero-order chi connectivity index (χ0) is 14.0. The molecule has 7 heteroatoms. The largest absolute Gasteiger partial charge is 0.395 e. The first-order chi connectivity index (χ1) is 9.08. The zero-order valence-corrected chi connectivity index (χ0v) is 11.3. The summed E-state index contributed by atoms with van der Waals surface area (Å²) >= 11 is 0. The number of aromatic amines is 1. The molecule has 0 atom stereocenters. The minimum Gasteiger partial charge on any atom is -0.395 e. The fraction of sp³-hybridized carbons (Fsp3) is 0.417. The van der Waals surface area contributed by atoms with E-state index in [1.165, 1.54) is 0 Å². The Morgan fingerprint density at radius 1 is 1.53 bits per heavy atom. The number of aromatic nitrogens is 4. The Kier molecular flexibility index (Phi) is 3.55.